The van der Waals surface area contributed by atoms with Gasteiger partial charge in [0.1, 0.15) is 6.10 Å². The van der Waals surface area contributed by atoms with E-state index in [-0.39, 0.29) is 12.1 Å². The van der Waals surface area contributed by atoms with E-state index in [4.69, 9.17) is 4.74 Å². The molecule has 0 radical (unpaired) electrons. The molecule has 0 aromatic heterocycles. The van der Waals surface area contributed by atoms with Gasteiger partial charge in [-0.25, -0.2) is 0 Å². The Labute approximate surface area is 286 Å². The minimum absolute atomic E-state index is 0.0470. The van der Waals surface area contributed by atoms with Crippen LogP contribution in [0.3, 0.4) is 0 Å². The van der Waals surface area contributed by atoms with Gasteiger partial charge in [0.2, 0.25) is 0 Å². The molecule has 4 aliphatic carbocycles. The Morgan fingerprint density at radius 3 is 2.35 bits per heavy atom. The number of unbranched alkanes of at least 4 members (excludes halogenated alkanes) is 7. The Kier molecular flexibility index (Phi) is 15.0. The van der Waals surface area contributed by atoms with Crippen LogP contribution in [0.25, 0.3) is 0 Å². The predicted molar refractivity (Wildman–Crippen MR) is 198 cm³/mol. The third kappa shape index (κ3) is 9.87. The maximum Gasteiger partial charge on any atom is 0.306 e. The molecular formula is C44H74O2. The van der Waals surface area contributed by atoms with Crippen molar-refractivity contribution in [3.63, 3.8) is 0 Å². The van der Waals surface area contributed by atoms with Gasteiger partial charge in [0.15, 0.2) is 0 Å². The van der Waals surface area contributed by atoms with Crippen LogP contribution >= 0.6 is 0 Å². The maximum absolute atomic E-state index is 12.8. The highest BCUT2D eigenvalue weighted by Gasteiger charge is 2.59. The quantitative estimate of drug-likeness (QED) is 0.0802. The zero-order chi connectivity index (χ0) is 33.0. The molecule has 8 unspecified atom stereocenters. The molecule has 2 heteroatoms. The van der Waals surface area contributed by atoms with Crippen molar-refractivity contribution in [2.24, 2.45) is 46.3 Å². The molecule has 4 rings (SSSR count). The van der Waals surface area contributed by atoms with Crippen molar-refractivity contribution < 1.29 is 9.53 Å². The zero-order valence-corrected chi connectivity index (χ0v) is 31.3. The number of carbonyl (C=O) groups excluding carboxylic acids is 1. The van der Waals surface area contributed by atoms with E-state index in [1.165, 1.54) is 103 Å². The lowest BCUT2D eigenvalue weighted by Crippen LogP contribution is -2.51. The van der Waals surface area contributed by atoms with Crippen LogP contribution in [0.4, 0.5) is 0 Å². The smallest absolute Gasteiger partial charge is 0.306 e. The second-order valence-electron chi connectivity index (χ2n) is 17.3. The van der Waals surface area contributed by atoms with Crippen LogP contribution in [0.2, 0.25) is 0 Å². The van der Waals surface area contributed by atoms with Gasteiger partial charge in [0.25, 0.3) is 0 Å². The molecule has 0 N–H and O–H groups in total. The first-order valence-electron chi connectivity index (χ1n) is 20.4. The predicted octanol–water partition coefficient (Wildman–Crippen LogP) is 13.4. The highest BCUT2D eigenvalue weighted by atomic mass is 16.5. The van der Waals surface area contributed by atoms with Crippen molar-refractivity contribution in [3.05, 3.63) is 36.0 Å². The fourth-order valence-corrected chi connectivity index (χ4v) is 10.9. The van der Waals surface area contributed by atoms with E-state index in [2.05, 4.69) is 71.9 Å². The monoisotopic (exact) mass is 635 g/mol. The van der Waals surface area contributed by atoms with E-state index in [0.29, 0.717) is 17.3 Å². The van der Waals surface area contributed by atoms with E-state index in [1.807, 2.05) is 0 Å². The van der Waals surface area contributed by atoms with Crippen molar-refractivity contribution >= 4 is 5.97 Å². The van der Waals surface area contributed by atoms with Gasteiger partial charge in [-0.2, -0.15) is 0 Å². The minimum Gasteiger partial charge on any atom is -0.462 e. The number of hydrogen-bond donors (Lipinski definition) is 0. The van der Waals surface area contributed by atoms with Crippen molar-refractivity contribution in [1.82, 2.24) is 0 Å². The number of ether oxygens (including phenoxy) is 1. The van der Waals surface area contributed by atoms with Gasteiger partial charge < -0.3 is 4.74 Å². The fourth-order valence-electron chi connectivity index (χ4n) is 10.9. The van der Waals surface area contributed by atoms with Gasteiger partial charge >= 0.3 is 5.97 Å². The molecule has 0 saturated heterocycles. The van der Waals surface area contributed by atoms with E-state index >= 15 is 0 Å². The molecule has 2 nitrogen and oxygen atoms in total. The normalized spacial score (nSPS) is 33.2. The molecule has 8 atom stereocenters. The van der Waals surface area contributed by atoms with Gasteiger partial charge in [-0.05, 0) is 123 Å². The van der Waals surface area contributed by atoms with Crippen LogP contribution in [0.1, 0.15) is 183 Å². The van der Waals surface area contributed by atoms with Crippen LogP contribution in [-0.4, -0.2) is 12.1 Å². The zero-order valence-electron chi connectivity index (χ0n) is 31.3. The molecule has 0 heterocycles. The van der Waals surface area contributed by atoms with Gasteiger partial charge in [-0.3, -0.25) is 4.79 Å². The summed E-state index contributed by atoms with van der Waals surface area (Å²) in [6, 6.07) is 0. The lowest BCUT2D eigenvalue weighted by atomic mass is 9.47. The molecule has 262 valence electrons. The summed E-state index contributed by atoms with van der Waals surface area (Å²) in [5.74, 6) is 5.30. The highest BCUT2D eigenvalue weighted by Crippen LogP contribution is 2.67. The first-order chi connectivity index (χ1) is 22.2. The van der Waals surface area contributed by atoms with Crippen molar-refractivity contribution in [1.29, 1.82) is 0 Å². The molecule has 46 heavy (non-hydrogen) atoms. The lowest BCUT2D eigenvalue weighted by molar-refractivity contribution is -0.151. The van der Waals surface area contributed by atoms with Gasteiger partial charge in [0, 0.05) is 12.8 Å². The highest BCUT2D eigenvalue weighted by molar-refractivity contribution is 5.69. The largest absolute Gasteiger partial charge is 0.462 e. The maximum atomic E-state index is 12.8. The lowest BCUT2D eigenvalue weighted by Gasteiger charge is -2.58. The SMILES string of the molecule is CCCC/C=C\C/C=C\CCCCCCCC(=O)OC1CCC2(C)C(=CCC3C2CCC2(C)C(C(C)CCCC(C)C)CCC32)C1. The molecule has 4 aliphatic rings. The first-order valence-corrected chi connectivity index (χ1v) is 20.4. The molecular weight excluding hydrogens is 560 g/mol. The summed E-state index contributed by atoms with van der Waals surface area (Å²) in [6.07, 6.45) is 39.1. The Bertz CT molecular complexity index is 1000. The Balaban J connectivity index is 1.15. The van der Waals surface area contributed by atoms with Crippen molar-refractivity contribution in [3.8, 4) is 0 Å². The fraction of sp³-hybridized carbons (Fsp3) is 0.841. The second kappa shape index (κ2) is 18.5. The van der Waals surface area contributed by atoms with E-state index in [9.17, 15) is 4.79 Å². The van der Waals surface area contributed by atoms with E-state index in [1.54, 1.807) is 5.57 Å². The molecule has 0 aromatic carbocycles. The first kappa shape index (κ1) is 37.5. The number of esters is 1. The summed E-state index contributed by atoms with van der Waals surface area (Å²) >= 11 is 0. The standard InChI is InChI=1S/C44H74O2/c1-7-8-9-10-11-12-13-14-15-16-17-18-19-20-24-42(45)46-37-29-31-43(5)36(33-37)25-26-38-40-28-27-39(35(4)23-21-22-34(2)3)44(40,6)32-30-41(38)43/h10-11,13-14,25,34-35,37-41H,7-9,12,15-24,26-33H2,1-6H3/b11-10-,14-13-. The summed E-state index contributed by atoms with van der Waals surface area (Å²) in [5, 5.41) is 0. The van der Waals surface area contributed by atoms with Crippen LogP contribution < -0.4 is 0 Å². The van der Waals surface area contributed by atoms with Gasteiger partial charge in [-0.15, -0.1) is 0 Å². The summed E-state index contributed by atoms with van der Waals surface area (Å²) < 4.78 is 6.11. The number of fused-ring (bicyclic) bond motifs is 5. The average molecular weight is 635 g/mol. The van der Waals surface area contributed by atoms with Gasteiger partial charge in [-0.1, -0.05) is 129 Å². The molecule has 0 spiro atoms. The number of rotatable bonds is 19. The summed E-state index contributed by atoms with van der Waals surface area (Å²) in [5.41, 5.74) is 2.52. The summed E-state index contributed by atoms with van der Waals surface area (Å²) in [6.45, 7) is 14.9. The number of allylic oxidation sites excluding steroid dienone is 5. The third-order valence-corrected chi connectivity index (χ3v) is 13.6. The molecule has 3 saturated carbocycles. The Morgan fingerprint density at radius 2 is 1.59 bits per heavy atom. The summed E-state index contributed by atoms with van der Waals surface area (Å²) in [7, 11) is 0. The Morgan fingerprint density at radius 1 is 0.848 bits per heavy atom. The second-order valence-corrected chi connectivity index (χ2v) is 17.3. The average Bonchev–Trinajstić information content (AvgIpc) is 3.38. The van der Waals surface area contributed by atoms with Gasteiger partial charge in [0.05, 0.1) is 0 Å². The molecule has 0 aromatic rings. The topological polar surface area (TPSA) is 26.3 Å². The molecule has 0 aliphatic heterocycles. The van der Waals surface area contributed by atoms with Crippen LogP contribution in [0.15, 0.2) is 36.0 Å². The number of hydrogen-bond acceptors (Lipinski definition) is 2. The molecule has 0 bridgehead atoms. The minimum atomic E-state index is 0.0470. The van der Waals surface area contributed by atoms with Crippen LogP contribution in [0, 0.1) is 46.3 Å². The van der Waals surface area contributed by atoms with E-state index < -0.39 is 0 Å². The van der Waals surface area contributed by atoms with E-state index in [0.717, 1.165) is 67.6 Å². The molecule has 0 amide bonds. The number of carbonyl (C=O) groups is 1. The van der Waals surface area contributed by atoms with Crippen LogP contribution in [-0.2, 0) is 9.53 Å². The van der Waals surface area contributed by atoms with Crippen molar-refractivity contribution in [2.45, 2.75) is 189 Å². The third-order valence-electron chi connectivity index (χ3n) is 13.6. The molecule has 3 fully saturated rings. The Hall–Kier alpha value is -1.31. The summed E-state index contributed by atoms with van der Waals surface area (Å²) in [4.78, 5) is 12.8. The van der Waals surface area contributed by atoms with Crippen molar-refractivity contribution in [2.75, 3.05) is 0 Å². The van der Waals surface area contributed by atoms with Crippen LogP contribution in [0.5, 0.6) is 0 Å².